The van der Waals surface area contributed by atoms with Crippen molar-refractivity contribution >= 4 is 10.0 Å². The second-order valence-electron chi connectivity index (χ2n) is 6.75. The first-order valence-electron chi connectivity index (χ1n) is 8.94. The summed E-state index contributed by atoms with van der Waals surface area (Å²) >= 11 is 0. The third-order valence-corrected chi connectivity index (χ3v) is 6.47. The van der Waals surface area contributed by atoms with E-state index < -0.39 is 15.6 Å². The first-order chi connectivity index (χ1) is 13.3. The highest BCUT2D eigenvalue weighted by atomic mass is 32.2. The Kier molecular flexibility index (Phi) is 5.83. The molecule has 2 aromatic rings. The molecule has 0 unspecified atom stereocenters. The molecule has 0 heterocycles. The number of hydrogen-bond donors (Lipinski definition) is 2. The Labute approximate surface area is 165 Å². The second-order valence-corrected chi connectivity index (χ2v) is 8.52. The number of rotatable bonds is 7. The Hall–Kier alpha value is -2.29. The predicted octanol–water partition coefficient (Wildman–Crippen LogP) is 2.21. The molecule has 3 rings (SSSR count). The van der Waals surface area contributed by atoms with Gasteiger partial charge in [-0.3, -0.25) is 0 Å². The number of nitrogens with one attached hydrogen (secondary N) is 1. The minimum Gasteiger partial charge on any atom is -0.497 e. The van der Waals surface area contributed by atoms with E-state index in [0.717, 1.165) is 24.0 Å². The molecular formula is C20H25NO6S. The van der Waals surface area contributed by atoms with E-state index >= 15 is 0 Å². The normalized spacial score (nSPS) is 19.0. The van der Waals surface area contributed by atoms with Gasteiger partial charge in [-0.2, -0.15) is 0 Å². The average molecular weight is 407 g/mol. The lowest BCUT2D eigenvalue weighted by Gasteiger charge is -2.34. The van der Waals surface area contributed by atoms with Crippen molar-refractivity contribution in [3.05, 3.63) is 47.5 Å². The fourth-order valence-corrected chi connectivity index (χ4v) is 4.63. The van der Waals surface area contributed by atoms with Gasteiger partial charge in [0.05, 0.1) is 26.2 Å². The minimum absolute atomic E-state index is 0.0412. The number of benzene rings is 2. The summed E-state index contributed by atoms with van der Waals surface area (Å²) in [5.74, 6) is 1.48. The zero-order valence-electron chi connectivity index (χ0n) is 16.2. The highest BCUT2D eigenvalue weighted by Gasteiger charge is 2.36. The predicted molar refractivity (Wildman–Crippen MR) is 105 cm³/mol. The minimum atomic E-state index is -3.84. The maximum absolute atomic E-state index is 12.8. The number of hydrogen-bond acceptors (Lipinski definition) is 6. The molecule has 0 amide bonds. The molecule has 0 spiro atoms. The Morgan fingerprint density at radius 1 is 1.04 bits per heavy atom. The molecule has 28 heavy (non-hydrogen) atoms. The molecule has 0 saturated carbocycles. The lowest BCUT2D eigenvalue weighted by Crippen LogP contribution is -2.42. The zero-order chi connectivity index (χ0) is 20.4. The molecule has 7 nitrogen and oxygen atoms in total. The Morgan fingerprint density at radius 2 is 1.79 bits per heavy atom. The summed E-state index contributed by atoms with van der Waals surface area (Å²) < 4.78 is 43.6. The first-order valence-corrected chi connectivity index (χ1v) is 10.4. The van der Waals surface area contributed by atoms with Crippen LogP contribution in [0.25, 0.3) is 0 Å². The van der Waals surface area contributed by atoms with E-state index in [1.807, 2.05) is 6.07 Å². The summed E-state index contributed by atoms with van der Waals surface area (Å²) in [5, 5.41) is 11.2. The van der Waals surface area contributed by atoms with Gasteiger partial charge in [0, 0.05) is 12.6 Å². The SMILES string of the molecule is COc1ccc2c(c1)CCC[C@@]2(O)CNS(=O)(=O)c1ccc(OC)c(OC)c1. The van der Waals surface area contributed by atoms with Crippen LogP contribution in [0.2, 0.25) is 0 Å². The zero-order valence-corrected chi connectivity index (χ0v) is 17.0. The maximum Gasteiger partial charge on any atom is 0.240 e. The number of aryl methyl sites for hydroxylation is 1. The van der Waals surface area contributed by atoms with Gasteiger partial charge in [-0.25, -0.2) is 13.1 Å². The van der Waals surface area contributed by atoms with E-state index in [2.05, 4.69) is 4.72 Å². The highest BCUT2D eigenvalue weighted by Crippen LogP contribution is 2.37. The van der Waals surface area contributed by atoms with Crippen molar-refractivity contribution in [1.82, 2.24) is 4.72 Å². The van der Waals surface area contributed by atoms with Crippen LogP contribution in [0.15, 0.2) is 41.3 Å². The molecule has 0 radical (unpaired) electrons. The van der Waals surface area contributed by atoms with Crippen molar-refractivity contribution in [2.45, 2.75) is 29.8 Å². The Morgan fingerprint density at radius 3 is 2.46 bits per heavy atom. The number of methoxy groups -OCH3 is 3. The van der Waals surface area contributed by atoms with Crippen LogP contribution in [0.3, 0.4) is 0 Å². The fraction of sp³-hybridized carbons (Fsp3) is 0.400. The van der Waals surface area contributed by atoms with Crippen LogP contribution in [-0.2, 0) is 22.0 Å². The van der Waals surface area contributed by atoms with Crippen LogP contribution in [0, 0.1) is 0 Å². The van der Waals surface area contributed by atoms with Gasteiger partial charge >= 0.3 is 0 Å². The molecule has 2 N–H and O–H groups in total. The summed E-state index contributed by atoms with van der Waals surface area (Å²) in [7, 11) is 0.674. The van der Waals surface area contributed by atoms with Crippen molar-refractivity contribution in [2.75, 3.05) is 27.9 Å². The third kappa shape index (κ3) is 3.94. The summed E-state index contributed by atoms with van der Waals surface area (Å²) in [4.78, 5) is 0.0412. The monoisotopic (exact) mass is 407 g/mol. The standard InChI is InChI=1S/C20H25NO6S/c1-25-15-6-8-17-14(11-15)5-4-10-20(17,22)13-21-28(23,24)16-7-9-18(26-2)19(12-16)27-3/h6-9,11-12,21-22H,4-5,10,13H2,1-3H3/t20-/m1/s1. The highest BCUT2D eigenvalue weighted by molar-refractivity contribution is 7.89. The van der Waals surface area contributed by atoms with E-state index in [-0.39, 0.29) is 11.4 Å². The van der Waals surface area contributed by atoms with Crippen LogP contribution in [-0.4, -0.2) is 41.4 Å². The van der Waals surface area contributed by atoms with E-state index in [0.29, 0.717) is 23.7 Å². The second kappa shape index (κ2) is 7.98. The molecule has 2 aromatic carbocycles. The van der Waals surface area contributed by atoms with Crippen molar-refractivity contribution in [2.24, 2.45) is 0 Å². The van der Waals surface area contributed by atoms with Gasteiger partial charge in [0.15, 0.2) is 11.5 Å². The number of sulfonamides is 1. The molecule has 1 atom stereocenters. The van der Waals surface area contributed by atoms with Gasteiger partial charge in [-0.05, 0) is 54.7 Å². The average Bonchev–Trinajstić information content (AvgIpc) is 2.71. The molecule has 1 aliphatic carbocycles. The maximum atomic E-state index is 12.8. The van der Waals surface area contributed by atoms with Gasteiger partial charge in [-0.1, -0.05) is 6.07 Å². The summed E-state index contributed by atoms with van der Waals surface area (Å²) in [6.07, 6.45) is 2.05. The smallest absolute Gasteiger partial charge is 0.240 e. The molecule has 1 aliphatic rings. The molecule has 152 valence electrons. The molecule has 8 heteroatoms. The Balaban J connectivity index is 1.84. The molecule has 0 fully saturated rings. The quantitative estimate of drug-likeness (QED) is 0.731. The number of aliphatic hydroxyl groups is 1. The van der Waals surface area contributed by atoms with Crippen molar-refractivity contribution in [1.29, 1.82) is 0 Å². The van der Waals surface area contributed by atoms with E-state index in [1.165, 1.54) is 32.4 Å². The van der Waals surface area contributed by atoms with Gasteiger partial charge in [-0.15, -0.1) is 0 Å². The van der Waals surface area contributed by atoms with Crippen LogP contribution >= 0.6 is 0 Å². The topological polar surface area (TPSA) is 94.1 Å². The van der Waals surface area contributed by atoms with Crippen molar-refractivity contribution < 1.29 is 27.7 Å². The van der Waals surface area contributed by atoms with Gasteiger partial charge in [0.1, 0.15) is 11.4 Å². The number of fused-ring (bicyclic) bond motifs is 1. The van der Waals surface area contributed by atoms with Crippen LogP contribution < -0.4 is 18.9 Å². The fourth-order valence-electron chi connectivity index (χ4n) is 3.53. The van der Waals surface area contributed by atoms with E-state index in [9.17, 15) is 13.5 Å². The van der Waals surface area contributed by atoms with Gasteiger partial charge in [0.2, 0.25) is 10.0 Å². The third-order valence-electron chi connectivity index (χ3n) is 5.07. The van der Waals surface area contributed by atoms with E-state index in [1.54, 1.807) is 19.2 Å². The molecule has 0 aromatic heterocycles. The number of ether oxygens (including phenoxy) is 3. The molecule has 0 saturated heterocycles. The lowest BCUT2D eigenvalue weighted by molar-refractivity contribution is 0.0242. The Bertz CT molecular complexity index is 959. The lowest BCUT2D eigenvalue weighted by atomic mass is 9.79. The van der Waals surface area contributed by atoms with Crippen LogP contribution in [0.4, 0.5) is 0 Å². The molecule has 0 aliphatic heterocycles. The van der Waals surface area contributed by atoms with Crippen LogP contribution in [0.5, 0.6) is 17.2 Å². The summed E-state index contributed by atoms with van der Waals surface area (Å²) in [6, 6.07) is 9.83. The van der Waals surface area contributed by atoms with E-state index in [4.69, 9.17) is 14.2 Å². The van der Waals surface area contributed by atoms with Crippen LogP contribution in [0.1, 0.15) is 24.0 Å². The van der Waals surface area contributed by atoms with Crippen molar-refractivity contribution in [3.8, 4) is 17.2 Å². The van der Waals surface area contributed by atoms with Crippen molar-refractivity contribution in [3.63, 3.8) is 0 Å². The molecular weight excluding hydrogens is 382 g/mol. The largest absolute Gasteiger partial charge is 0.497 e. The summed E-state index contributed by atoms with van der Waals surface area (Å²) in [5.41, 5.74) is 0.428. The summed E-state index contributed by atoms with van der Waals surface area (Å²) in [6.45, 7) is -0.122. The first kappa shape index (κ1) is 20.4. The van der Waals surface area contributed by atoms with Gasteiger partial charge in [0.25, 0.3) is 0 Å². The van der Waals surface area contributed by atoms with Gasteiger partial charge < -0.3 is 19.3 Å². The molecule has 0 bridgehead atoms.